The lowest BCUT2D eigenvalue weighted by Crippen LogP contribution is -2.43. The van der Waals surface area contributed by atoms with Gasteiger partial charge in [-0.2, -0.15) is 0 Å². The molecule has 1 N–H and O–H groups in total. The van der Waals surface area contributed by atoms with E-state index in [0.29, 0.717) is 6.04 Å². The van der Waals surface area contributed by atoms with Crippen molar-refractivity contribution in [2.45, 2.75) is 46.1 Å². The van der Waals surface area contributed by atoms with Gasteiger partial charge in [0.1, 0.15) is 0 Å². The number of hydrogen-bond donors (Lipinski definition) is 1. The van der Waals surface area contributed by atoms with E-state index in [1.54, 1.807) is 0 Å². The molecule has 14 heavy (non-hydrogen) atoms. The van der Waals surface area contributed by atoms with E-state index in [9.17, 15) is 4.79 Å². The average Bonchev–Trinajstić information content (AvgIpc) is 2.53. The van der Waals surface area contributed by atoms with Gasteiger partial charge in [-0.15, -0.1) is 0 Å². The van der Waals surface area contributed by atoms with Crippen LogP contribution < -0.4 is 5.32 Å². The first-order valence-electron chi connectivity index (χ1n) is 5.72. The lowest BCUT2D eigenvalue weighted by atomic mass is 10.1. The summed E-state index contributed by atoms with van der Waals surface area (Å²) in [6.07, 6.45) is 3.55. The summed E-state index contributed by atoms with van der Waals surface area (Å²) in [4.78, 5) is 13.5. The number of nitrogens with one attached hydrogen (secondary N) is 1. The molecule has 1 rings (SSSR count). The van der Waals surface area contributed by atoms with Crippen LogP contribution in [0.3, 0.4) is 0 Å². The topological polar surface area (TPSA) is 32.3 Å². The number of carbonyl (C=O) groups is 1. The molecule has 1 aliphatic carbocycles. The highest BCUT2D eigenvalue weighted by Crippen LogP contribution is 2.24. The fourth-order valence-corrected chi connectivity index (χ4v) is 2.11. The Morgan fingerprint density at radius 1 is 1.36 bits per heavy atom. The number of carbonyl (C=O) groups excluding carboxylic acids is 1. The molecule has 2 amide bonds. The van der Waals surface area contributed by atoms with Crippen LogP contribution >= 0.6 is 0 Å². The van der Waals surface area contributed by atoms with Crippen LogP contribution in [0.4, 0.5) is 4.79 Å². The van der Waals surface area contributed by atoms with E-state index in [1.165, 1.54) is 6.42 Å². The van der Waals surface area contributed by atoms with Crippen LogP contribution in [0.25, 0.3) is 0 Å². The van der Waals surface area contributed by atoms with Crippen molar-refractivity contribution < 1.29 is 4.79 Å². The Balaban J connectivity index is 2.32. The van der Waals surface area contributed by atoms with Crippen molar-refractivity contribution in [1.82, 2.24) is 10.2 Å². The number of nitrogens with zero attached hydrogens (tertiary/aromatic N) is 1. The molecule has 0 aromatic heterocycles. The third-order valence-electron chi connectivity index (χ3n) is 3.07. The summed E-state index contributed by atoms with van der Waals surface area (Å²) in [6.45, 7) is 7.87. The molecule has 3 heteroatoms. The second kappa shape index (κ2) is 5.23. The van der Waals surface area contributed by atoms with Gasteiger partial charge < -0.3 is 10.2 Å². The van der Waals surface area contributed by atoms with Crippen molar-refractivity contribution in [3.8, 4) is 0 Å². The summed E-state index contributed by atoms with van der Waals surface area (Å²) in [5.41, 5.74) is 0. The predicted molar refractivity (Wildman–Crippen MR) is 58.3 cm³/mol. The molecule has 0 saturated heterocycles. The molecule has 0 radical (unpaired) electrons. The highest BCUT2D eigenvalue weighted by Gasteiger charge is 2.23. The monoisotopic (exact) mass is 198 g/mol. The van der Waals surface area contributed by atoms with E-state index in [2.05, 4.69) is 12.2 Å². The van der Waals surface area contributed by atoms with Crippen molar-refractivity contribution >= 4 is 6.03 Å². The third-order valence-corrected chi connectivity index (χ3v) is 3.07. The Morgan fingerprint density at radius 3 is 2.43 bits per heavy atom. The third kappa shape index (κ3) is 2.89. The minimum absolute atomic E-state index is 0.106. The zero-order chi connectivity index (χ0) is 10.6. The van der Waals surface area contributed by atoms with Crippen molar-refractivity contribution in [1.29, 1.82) is 0 Å². The van der Waals surface area contributed by atoms with Gasteiger partial charge in [0.2, 0.25) is 0 Å². The predicted octanol–water partition coefficient (Wildman–Crippen LogP) is 2.23. The normalized spacial score (nSPS) is 26.2. The summed E-state index contributed by atoms with van der Waals surface area (Å²) in [5.74, 6) is 0.775. The first kappa shape index (κ1) is 11.3. The Morgan fingerprint density at radius 2 is 2.00 bits per heavy atom. The molecule has 0 aromatic carbocycles. The van der Waals surface area contributed by atoms with Crippen LogP contribution in [0.1, 0.15) is 40.0 Å². The molecular formula is C11H22N2O. The van der Waals surface area contributed by atoms with Crippen LogP contribution in [0, 0.1) is 5.92 Å². The summed E-state index contributed by atoms with van der Waals surface area (Å²) >= 11 is 0. The zero-order valence-electron chi connectivity index (χ0n) is 9.55. The maximum absolute atomic E-state index is 11.7. The van der Waals surface area contributed by atoms with Crippen molar-refractivity contribution in [3.05, 3.63) is 0 Å². The smallest absolute Gasteiger partial charge is 0.317 e. The van der Waals surface area contributed by atoms with Gasteiger partial charge in [-0.3, -0.25) is 0 Å². The minimum Gasteiger partial charge on any atom is -0.335 e. The van der Waals surface area contributed by atoms with E-state index >= 15 is 0 Å². The number of amides is 2. The molecule has 2 unspecified atom stereocenters. The van der Waals surface area contributed by atoms with Crippen LogP contribution in [0.15, 0.2) is 0 Å². The van der Waals surface area contributed by atoms with Gasteiger partial charge in [0.05, 0.1) is 0 Å². The molecule has 0 bridgehead atoms. The first-order chi connectivity index (χ1) is 6.67. The second-order valence-corrected chi connectivity index (χ2v) is 4.24. The van der Waals surface area contributed by atoms with Crippen LogP contribution in [-0.4, -0.2) is 30.1 Å². The molecule has 1 aliphatic rings. The molecule has 0 aromatic rings. The maximum atomic E-state index is 11.7. The van der Waals surface area contributed by atoms with Gasteiger partial charge in [0.25, 0.3) is 0 Å². The van der Waals surface area contributed by atoms with Crippen LogP contribution in [0.2, 0.25) is 0 Å². The summed E-state index contributed by atoms with van der Waals surface area (Å²) in [7, 11) is 0. The Kier molecular flexibility index (Phi) is 4.23. The molecular weight excluding hydrogens is 176 g/mol. The number of urea groups is 1. The van der Waals surface area contributed by atoms with Crippen LogP contribution in [0.5, 0.6) is 0 Å². The van der Waals surface area contributed by atoms with E-state index in [0.717, 1.165) is 31.8 Å². The van der Waals surface area contributed by atoms with Gasteiger partial charge in [-0.25, -0.2) is 4.79 Å². The number of hydrogen-bond acceptors (Lipinski definition) is 1. The van der Waals surface area contributed by atoms with Gasteiger partial charge in [0, 0.05) is 19.1 Å². The largest absolute Gasteiger partial charge is 0.335 e. The zero-order valence-corrected chi connectivity index (χ0v) is 9.55. The van der Waals surface area contributed by atoms with Gasteiger partial charge in [-0.1, -0.05) is 6.92 Å². The lowest BCUT2D eigenvalue weighted by Gasteiger charge is -2.22. The average molecular weight is 198 g/mol. The molecule has 0 spiro atoms. The summed E-state index contributed by atoms with van der Waals surface area (Å²) < 4.78 is 0. The molecule has 1 saturated carbocycles. The minimum atomic E-state index is 0.106. The Hall–Kier alpha value is -0.730. The first-order valence-corrected chi connectivity index (χ1v) is 5.72. The highest BCUT2D eigenvalue weighted by molar-refractivity contribution is 5.74. The second-order valence-electron chi connectivity index (χ2n) is 4.24. The van der Waals surface area contributed by atoms with Gasteiger partial charge in [0.15, 0.2) is 0 Å². The van der Waals surface area contributed by atoms with Gasteiger partial charge >= 0.3 is 6.03 Å². The van der Waals surface area contributed by atoms with Crippen molar-refractivity contribution in [2.75, 3.05) is 13.1 Å². The quantitative estimate of drug-likeness (QED) is 0.741. The van der Waals surface area contributed by atoms with E-state index in [4.69, 9.17) is 0 Å². The molecule has 82 valence electrons. The molecule has 1 fully saturated rings. The molecule has 0 aliphatic heterocycles. The SMILES string of the molecule is CCN(CC)C(=O)NC1CCC(C)C1. The lowest BCUT2D eigenvalue weighted by molar-refractivity contribution is 0.199. The van der Waals surface area contributed by atoms with Crippen LogP contribution in [-0.2, 0) is 0 Å². The van der Waals surface area contributed by atoms with E-state index in [-0.39, 0.29) is 6.03 Å². The summed E-state index contributed by atoms with van der Waals surface area (Å²) in [6, 6.07) is 0.521. The Bertz CT molecular complexity index is 190. The van der Waals surface area contributed by atoms with Crippen molar-refractivity contribution in [3.63, 3.8) is 0 Å². The Labute approximate surface area is 86.9 Å². The maximum Gasteiger partial charge on any atom is 0.317 e. The van der Waals surface area contributed by atoms with E-state index in [1.807, 2.05) is 18.7 Å². The summed E-state index contributed by atoms with van der Waals surface area (Å²) in [5, 5.41) is 3.10. The van der Waals surface area contributed by atoms with E-state index < -0.39 is 0 Å². The molecule has 0 heterocycles. The fourth-order valence-electron chi connectivity index (χ4n) is 2.11. The van der Waals surface area contributed by atoms with Crippen molar-refractivity contribution in [2.24, 2.45) is 5.92 Å². The molecule has 3 nitrogen and oxygen atoms in total. The van der Waals surface area contributed by atoms with Gasteiger partial charge in [-0.05, 0) is 39.0 Å². The highest BCUT2D eigenvalue weighted by atomic mass is 16.2. The fraction of sp³-hybridized carbons (Fsp3) is 0.909. The number of rotatable bonds is 3. The molecule has 2 atom stereocenters. The standard InChI is InChI=1S/C11H22N2O/c1-4-13(5-2)11(14)12-10-7-6-9(3)8-10/h9-10H,4-8H2,1-3H3,(H,12,14).